The van der Waals surface area contributed by atoms with Crippen LogP contribution in [0.25, 0.3) is 0 Å². The maximum absolute atomic E-state index is 12.6. The largest absolute Gasteiger partial charge is 0.464 e. The Hall–Kier alpha value is -1.25. The van der Waals surface area contributed by atoms with Crippen LogP contribution in [0.4, 0.5) is 22.0 Å². The third kappa shape index (κ3) is 2.95. The third-order valence-electron chi connectivity index (χ3n) is 1.93. The number of esters is 1. The number of pyridine rings is 1. The van der Waals surface area contributed by atoms with Gasteiger partial charge in [0.2, 0.25) is 0 Å². The molecular formula is C9H5BrF5NO2. The van der Waals surface area contributed by atoms with Crippen LogP contribution in [0.5, 0.6) is 0 Å². The molecule has 1 heterocycles. The molecule has 0 amide bonds. The summed E-state index contributed by atoms with van der Waals surface area (Å²) in [5.41, 5.74) is -3.64. The summed E-state index contributed by atoms with van der Waals surface area (Å²) < 4.78 is 66.3. The summed E-state index contributed by atoms with van der Waals surface area (Å²) in [6.45, 7) is 0. The van der Waals surface area contributed by atoms with E-state index in [9.17, 15) is 26.7 Å². The smallest absolute Gasteiger partial charge is 0.417 e. The van der Waals surface area contributed by atoms with Crippen molar-refractivity contribution < 1.29 is 31.5 Å². The van der Waals surface area contributed by atoms with E-state index in [0.29, 0.717) is 0 Å². The van der Waals surface area contributed by atoms with E-state index < -0.39 is 40.0 Å². The van der Waals surface area contributed by atoms with Gasteiger partial charge in [-0.15, -0.1) is 0 Å². The molecule has 0 unspecified atom stereocenters. The lowest BCUT2D eigenvalue weighted by atomic mass is 10.1. The minimum Gasteiger partial charge on any atom is -0.464 e. The Bertz CT molecular complexity index is 475. The van der Waals surface area contributed by atoms with Crippen molar-refractivity contribution >= 4 is 21.9 Å². The van der Waals surface area contributed by atoms with E-state index in [1.807, 2.05) is 0 Å². The first kappa shape index (κ1) is 14.8. The molecule has 100 valence electrons. The average Bonchev–Trinajstić information content (AvgIpc) is 2.25. The SMILES string of the molecule is COC(=O)c1cc(C(F)(F)F)c(C(F)F)c(Br)n1. The number of alkyl halides is 5. The number of rotatable bonds is 2. The summed E-state index contributed by atoms with van der Waals surface area (Å²) in [4.78, 5) is 14.4. The zero-order chi connectivity index (χ0) is 14.1. The van der Waals surface area contributed by atoms with Crippen molar-refractivity contribution in [3.8, 4) is 0 Å². The van der Waals surface area contributed by atoms with Crippen molar-refractivity contribution in [3.05, 3.63) is 27.5 Å². The normalized spacial score (nSPS) is 11.8. The summed E-state index contributed by atoms with van der Waals surface area (Å²) >= 11 is 2.49. The second kappa shape index (κ2) is 5.17. The highest BCUT2D eigenvalue weighted by Gasteiger charge is 2.38. The lowest BCUT2D eigenvalue weighted by Gasteiger charge is -2.14. The van der Waals surface area contributed by atoms with E-state index in [2.05, 4.69) is 25.7 Å². The van der Waals surface area contributed by atoms with Crippen molar-refractivity contribution in [2.45, 2.75) is 12.6 Å². The first-order valence-electron chi connectivity index (χ1n) is 4.32. The first-order chi connectivity index (χ1) is 8.18. The van der Waals surface area contributed by atoms with Gasteiger partial charge in [0.05, 0.1) is 18.2 Å². The van der Waals surface area contributed by atoms with Gasteiger partial charge in [0.15, 0.2) is 0 Å². The first-order valence-corrected chi connectivity index (χ1v) is 5.12. The number of ether oxygens (including phenoxy) is 1. The lowest BCUT2D eigenvalue weighted by molar-refractivity contribution is -0.139. The number of aromatic nitrogens is 1. The average molecular weight is 334 g/mol. The molecule has 0 aliphatic rings. The lowest BCUT2D eigenvalue weighted by Crippen LogP contribution is -2.15. The molecule has 0 saturated carbocycles. The molecule has 0 atom stereocenters. The molecule has 1 rings (SSSR count). The Morgan fingerprint density at radius 3 is 2.39 bits per heavy atom. The minimum absolute atomic E-state index is 0.234. The number of nitrogens with zero attached hydrogens (tertiary/aromatic N) is 1. The number of methoxy groups -OCH3 is 1. The van der Waals surface area contributed by atoms with Crippen molar-refractivity contribution in [3.63, 3.8) is 0 Å². The van der Waals surface area contributed by atoms with Crippen LogP contribution in [-0.4, -0.2) is 18.1 Å². The van der Waals surface area contributed by atoms with E-state index in [0.717, 1.165) is 7.11 Å². The molecule has 18 heavy (non-hydrogen) atoms. The van der Waals surface area contributed by atoms with E-state index in [4.69, 9.17) is 0 Å². The Balaban J connectivity index is 3.52. The van der Waals surface area contributed by atoms with Crippen LogP contribution < -0.4 is 0 Å². The molecule has 0 aromatic carbocycles. The summed E-state index contributed by atoms with van der Waals surface area (Å²) in [6.07, 6.45) is -8.41. The van der Waals surface area contributed by atoms with Gasteiger partial charge in [-0.2, -0.15) is 13.2 Å². The van der Waals surface area contributed by atoms with Crippen molar-refractivity contribution in [2.75, 3.05) is 7.11 Å². The van der Waals surface area contributed by atoms with Gasteiger partial charge in [-0.25, -0.2) is 18.6 Å². The summed E-state index contributed by atoms with van der Waals surface area (Å²) in [7, 11) is 0.937. The number of carbonyl (C=O) groups is 1. The fourth-order valence-electron chi connectivity index (χ4n) is 1.18. The Morgan fingerprint density at radius 1 is 1.44 bits per heavy atom. The molecule has 3 nitrogen and oxygen atoms in total. The van der Waals surface area contributed by atoms with E-state index >= 15 is 0 Å². The van der Waals surface area contributed by atoms with E-state index in [-0.39, 0.29) is 6.07 Å². The molecule has 0 aliphatic carbocycles. The number of hydrogen-bond acceptors (Lipinski definition) is 3. The third-order valence-corrected chi connectivity index (χ3v) is 2.53. The van der Waals surface area contributed by atoms with Crippen LogP contribution in [0.1, 0.15) is 28.0 Å². The molecule has 0 fully saturated rings. The molecule has 0 N–H and O–H groups in total. The number of hydrogen-bond donors (Lipinski definition) is 0. The summed E-state index contributed by atoms with van der Waals surface area (Å²) in [5.74, 6) is -1.15. The minimum atomic E-state index is -5.03. The van der Waals surface area contributed by atoms with Gasteiger partial charge < -0.3 is 4.74 Å². The Labute approximate surface area is 106 Å². The standard InChI is InChI=1S/C9H5BrF5NO2/c1-18-8(17)4-2-3(9(13,14)15)5(7(11)12)6(10)16-4/h2,7H,1H3. The van der Waals surface area contributed by atoms with Crippen LogP contribution in [0.3, 0.4) is 0 Å². The second-order valence-corrected chi connectivity index (χ2v) is 3.80. The van der Waals surface area contributed by atoms with Crippen LogP contribution >= 0.6 is 15.9 Å². The van der Waals surface area contributed by atoms with E-state index in [1.54, 1.807) is 0 Å². The molecule has 1 aromatic heterocycles. The monoisotopic (exact) mass is 333 g/mol. The highest BCUT2D eigenvalue weighted by molar-refractivity contribution is 9.10. The highest BCUT2D eigenvalue weighted by atomic mass is 79.9. The van der Waals surface area contributed by atoms with Crippen molar-refractivity contribution in [2.24, 2.45) is 0 Å². The molecular weight excluding hydrogens is 329 g/mol. The quantitative estimate of drug-likeness (QED) is 0.471. The topological polar surface area (TPSA) is 39.2 Å². The summed E-state index contributed by atoms with van der Waals surface area (Å²) in [6, 6.07) is 0.234. The van der Waals surface area contributed by atoms with Crippen LogP contribution in [0, 0.1) is 0 Å². The van der Waals surface area contributed by atoms with Gasteiger partial charge in [0.25, 0.3) is 6.43 Å². The van der Waals surface area contributed by atoms with Crippen molar-refractivity contribution in [1.29, 1.82) is 0 Å². The Morgan fingerprint density at radius 2 is 2.00 bits per heavy atom. The van der Waals surface area contributed by atoms with Gasteiger partial charge in [0, 0.05) is 0 Å². The summed E-state index contributed by atoms with van der Waals surface area (Å²) in [5, 5.41) is 0. The van der Waals surface area contributed by atoms with Crippen molar-refractivity contribution in [1.82, 2.24) is 4.98 Å². The predicted octanol–water partition coefficient (Wildman–Crippen LogP) is 3.59. The highest BCUT2D eigenvalue weighted by Crippen LogP contribution is 2.39. The van der Waals surface area contributed by atoms with Crippen LogP contribution in [0.2, 0.25) is 0 Å². The second-order valence-electron chi connectivity index (χ2n) is 3.05. The maximum atomic E-state index is 12.6. The maximum Gasteiger partial charge on any atom is 0.417 e. The van der Waals surface area contributed by atoms with Gasteiger partial charge in [0.1, 0.15) is 10.3 Å². The zero-order valence-corrected chi connectivity index (χ0v) is 10.3. The predicted molar refractivity (Wildman–Crippen MR) is 53.2 cm³/mol. The molecule has 0 bridgehead atoms. The zero-order valence-electron chi connectivity index (χ0n) is 8.69. The van der Waals surface area contributed by atoms with Crippen LogP contribution in [0.15, 0.2) is 10.7 Å². The molecule has 1 aromatic rings. The Kier molecular flexibility index (Phi) is 4.25. The van der Waals surface area contributed by atoms with Gasteiger partial charge in [-0.3, -0.25) is 0 Å². The van der Waals surface area contributed by atoms with Crippen LogP contribution in [-0.2, 0) is 10.9 Å². The molecule has 9 heteroatoms. The van der Waals surface area contributed by atoms with Gasteiger partial charge >= 0.3 is 12.1 Å². The van der Waals surface area contributed by atoms with E-state index in [1.165, 1.54) is 0 Å². The number of halogens is 6. The fourth-order valence-corrected chi connectivity index (χ4v) is 1.75. The molecule has 0 spiro atoms. The molecule has 0 saturated heterocycles. The molecule has 0 aliphatic heterocycles. The fraction of sp³-hybridized carbons (Fsp3) is 0.333. The number of carbonyl (C=O) groups excluding carboxylic acids is 1. The van der Waals surface area contributed by atoms with Gasteiger partial charge in [-0.1, -0.05) is 0 Å². The van der Waals surface area contributed by atoms with Gasteiger partial charge in [-0.05, 0) is 22.0 Å². The molecule has 0 radical (unpaired) electrons.